The minimum Gasteiger partial charge on any atom is -0.446 e. The maximum atomic E-state index is 13.9. The number of nitrogens with zero attached hydrogens (tertiary/aromatic N) is 6. The van der Waals surface area contributed by atoms with E-state index in [1.807, 2.05) is 37.4 Å². The van der Waals surface area contributed by atoms with E-state index < -0.39 is 0 Å². The molecule has 1 unspecified atom stereocenters. The second kappa shape index (κ2) is 11.0. The number of benzene rings is 1. The summed E-state index contributed by atoms with van der Waals surface area (Å²) in [5, 5.41) is 11.7. The van der Waals surface area contributed by atoms with Crippen molar-refractivity contribution in [1.29, 1.82) is 0 Å². The first-order valence-corrected chi connectivity index (χ1v) is 13.9. The van der Waals surface area contributed by atoms with Gasteiger partial charge in [-0.25, -0.2) is 9.67 Å². The van der Waals surface area contributed by atoms with Crippen LogP contribution in [0.1, 0.15) is 42.4 Å². The summed E-state index contributed by atoms with van der Waals surface area (Å²) in [7, 11) is 0. The fourth-order valence-electron chi connectivity index (χ4n) is 5.32. The number of allylic oxidation sites excluding steroid dienone is 2. The minimum atomic E-state index is -0.262. The summed E-state index contributed by atoms with van der Waals surface area (Å²) in [4.78, 5) is 27.6. The minimum absolute atomic E-state index is 0.205. The molecule has 6 heterocycles. The van der Waals surface area contributed by atoms with Crippen molar-refractivity contribution in [2.75, 3.05) is 18.4 Å². The van der Waals surface area contributed by atoms with E-state index in [0.29, 0.717) is 40.0 Å². The number of aromatic nitrogens is 5. The Morgan fingerprint density at radius 1 is 1.19 bits per heavy atom. The summed E-state index contributed by atoms with van der Waals surface area (Å²) in [6.07, 6.45) is 10.5. The Labute approximate surface area is 241 Å². The highest BCUT2D eigenvalue weighted by Crippen LogP contribution is 2.25. The quantitative estimate of drug-likeness (QED) is 0.295. The van der Waals surface area contributed by atoms with Gasteiger partial charge >= 0.3 is 0 Å². The summed E-state index contributed by atoms with van der Waals surface area (Å²) < 4.78 is 8.97. The molecule has 7 rings (SSSR count). The van der Waals surface area contributed by atoms with E-state index in [1.165, 1.54) is 5.56 Å². The molecule has 1 atom stereocenters. The molecule has 0 saturated carbocycles. The molecule has 5 aromatic rings. The van der Waals surface area contributed by atoms with Crippen molar-refractivity contribution in [2.45, 2.75) is 32.2 Å². The highest BCUT2D eigenvalue weighted by atomic mass is 16.3. The van der Waals surface area contributed by atoms with Crippen molar-refractivity contribution in [3.8, 4) is 17.7 Å². The van der Waals surface area contributed by atoms with Gasteiger partial charge in [0.2, 0.25) is 11.8 Å². The van der Waals surface area contributed by atoms with E-state index in [1.54, 1.807) is 40.2 Å². The molecule has 2 aliphatic heterocycles. The third-order valence-electron chi connectivity index (χ3n) is 7.63. The third-order valence-corrected chi connectivity index (χ3v) is 7.63. The first-order chi connectivity index (χ1) is 20.6. The average Bonchev–Trinajstić information content (AvgIpc) is 3.83. The topological polar surface area (TPSA) is 115 Å². The van der Waals surface area contributed by atoms with Crippen LogP contribution in [0.3, 0.4) is 0 Å². The monoisotopic (exact) mass is 556 g/mol. The number of fused-ring (bicyclic) bond motifs is 1. The van der Waals surface area contributed by atoms with Crippen LogP contribution in [0.5, 0.6) is 0 Å². The summed E-state index contributed by atoms with van der Waals surface area (Å²) >= 11 is 0. The van der Waals surface area contributed by atoms with Gasteiger partial charge in [0.25, 0.3) is 5.56 Å². The lowest BCUT2D eigenvalue weighted by Gasteiger charge is -2.13. The van der Waals surface area contributed by atoms with Crippen LogP contribution in [0.15, 0.2) is 92.8 Å². The number of anilines is 2. The number of rotatable bonds is 6. The molecule has 0 aliphatic carbocycles. The lowest BCUT2D eigenvalue weighted by molar-refractivity contribution is 0.516. The van der Waals surface area contributed by atoms with Gasteiger partial charge in [-0.2, -0.15) is 10.1 Å². The summed E-state index contributed by atoms with van der Waals surface area (Å²) in [5.41, 5.74) is 5.31. The van der Waals surface area contributed by atoms with E-state index in [9.17, 15) is 4.79 Å². The van der Waals surface area contributed by atoms with E-state index in [0.717, 1.165) is 42.8 Å². The lowest BCUT2D eigenvalue weighted by Crippen LogP contribution is -2.25. The molecule has 0 bridgehead atoms. The molecule has 208 valence electrons. The van der Waals surface area contributed by atoms with Crippen LogP contribution < -0.4 is 16.2 Å². The van der Waals surface area contributed by atoms with Gasteiger partial charge < -0.3 is 15.1 Å². The number of nitrogens with one attached hydrogen (secondary N) is 2. The van der Waals surface area contributed by atoms with Gasteiger partial charge in [-0.3, -0.25) is 14.4 Å². The van der Waals surface area contributed by atoms with Crippen molar-refractivity contribution < 1.29 is 4.42 Å². The van der Waals surface area contributed by atoms with Crippen LogP contribution >= 0.6 is 0 Å². The van der Waals surface area contributed by atoms with Crippen LogP contribution in [0.2, 0.25) is 0 Å². The van der Waals surface area contributed by atoms with Gasteiger partial charge in [0, 0.05) is 54.4 Å². The molecule has 1 aromatic carbocycles. The summed E-state index contributed by atoms with van der Waals surface area (Å²) in [6.45, 7) is 4.26. The first-order valence-electron chi connectivity index (χ1n) is 13.9. The molecule has 1 fully saturated rings. The smallest absolute Gasteiger partial charge is 0.268 e. The Kier molecular flexibility index (Phi) is 6.70. The zero-order valence-electron chi connectivity index (χ0n) is 23.0. The number of hydrogen-bond acceptors (Lipinski definition) is 8. The predicted octanol–water partition coefficient (Wildman–Crippen LogP) is 4.54. The lowest BCUT2D eigenvalue weighted by atomic mass is 9.98. The maximum absolute atomic E-state index is 13.9. The van der Waals surface area contributed by atoms with Gasteiger partial charge in [-0.1, -0.05) is 18.1 Å². The Morgan fingerprint density at radius 3 is 2.86 bits per heavy atom. The molecule has 1 saturated heterocycles. The highest BCUT2D eigenvalue weighted by molar-refractivity contribution is 5.78. The maximum Gasteiger partial charge on any atom is 0.268 e. The molecule has 10 nitrogen and oxygen atoms in total. The molecule has 42 heavy (non-hydrogen) atoms. The van der Waals surface area contributed by atoms with Crippen molar-refractivity contribution >= 4 is 28.9 Å². The SMILES string of the molecule is CC1=C(C#Cc2cc3cnc(Nc4ccc(C5CCNC5)cc4)nc3n(Cc3ccoc3-n3cccn3)c2=O)N=CC1. The molecule has 0 radical (unpaired) electrons. The van der Waals surface area contributed by atoms with E-state index >= 15 is 0 Å². The Morgan fingerprint density at radius 2 is 2.10 bits per heavy atom. The van der Waals surface area contributed by atoms with Crippen molar-refractivity contribution in [2.24, 2.45) is 4.99 Å². The molecular weight excluding hydrogens is 528 g/mol. The number of aliphatic imine (C=N–C) groups is 1. The van der Waals surface area contributed by atoms with E-state index in [-0.39, 0.29) is 12.1 Å². The first kappa shape index (κ1) is 25.7. The molecule has 2 N–H and O–H groups in total. The zero-order valence-corrected chi connectivity index (χ0v) is 23.0. The fourth-order valence-corrected chi connectivity index (χ4v) is 5.32. The van der Waals surface area contributed by atoms with Crippen LogP contribution in [0, 0.1) is 11.8 Å². The predicted molar refractivity (Wildman–Crippen MR) is 161 cm³/mol. The molecule has 4 aromatic heterocycles. The van der Waals surface area contributed by atoms with Crippen LogP contribution in [0.25, 0.3) is 16.9 Å². The molecule has 10 heteroatoms. The van der Waals surface area contributed by atoms with Gasteiger partial charge in [0.05, 0.1) is 18.4 Å². The second-order valence-corrected chi connectivity index (χ2v) is 10.5. The van der Waals surface area contributed by atoms with Crippen LogP contribution in [0.4, 0.5) is 11.6 Å². The van der Waals surface area contributed by atoms with Crippen molar-refractivity contribution in [3.05, 3.63) is 106 Å². The number of hydrogen-bond donors (Lipinski definition) is 2. The zero-order chi connectivity index (χ0) is 28.5. The average molecular weight is 557 g/mol. The third kappa shape index (κ3) is 5.02. The second-order valence-electron chi connectivity index (χ2n) is 10.5. The van der Waals surface area contributed by atoms with Crippen molar-refractivity contribution in [1.82, 2.24) is 29.6 Å². The fraction of sp³-hybridized carbons (Fsp3) is 0.219. The van der Waals surface area contributed by atoms with E-state index in [4.69, 9.17) is 9.40 Å². The molecule has 0 amide bonds. The Hall–Kier alpha value is -5.27. The number of furan rings is 1. The number of pyridine rings is 1. The Balaban J connectivity index is 1.28. The molecule has 0 spiro atoms. The summed E-state index contributed by atoms with van der Waals surface area (Å²) in [6, 6.07) is 13.7. The molecule has 2 aliphatic rings. The highest BCUT2D eigenvalue weighted by Gasteiger charge is 2.18. The van der Waals surface area contributed by atoms with Gasteiger partial charge in [0.15, 0.2) is 0 Å². The molecular formula is C32H28N8O2. The Bertz CT molecular complexity index is 1950. The van der Waals surface area contributed by atoms with Gasteiger partial charge in [-0.05, 0) is 73.2 Å². The normalized spacial score (nSPS) is 16.3. The van der Waals surface area contributed by atoms with Crippen molar-refractivity contribution in [3.63, 3.8) is 0 Å². The summed E-state index contributed by atoms with van der Waals surface area (Å²) in [5.74, 6) is 7.58. The van der Waals surface area contributed by atoms with Gasteiger partial charge in [-0.15, -0.1) is 0 Å². The largest absolute Gasteiger partial charge is 0.446 e. The van der Waals surface area contributed by atoms with E-state index in [2.05, 4.69) is 49.7 Å². The van der Waals surface area contributed by atoms with Crippen LogP contribution in [-0.4, -0.2) is 43.6 Å². The van der Waals surface area contributed by atoms with Crippen LogP contribution in [-0.2, 0) is 6.54 Å². The standard InChI is InChI=1S/C32H28N8O2/c1-21-9-14-34-28(21)8-5-23-17-26-19-35-32(37-27-6-3-22(4-7-27)24-10-13-33-18-24)38-29(26)39(30(23)41)20-25-11-16-42-31(25)40-15-2-12-36-40/h2-4,6-7,11-12,14-17,19,24,33H,9-10,13,18,20H2,1H3,(H,35,37,38). The van der Waals surface area contributed by atoms with Gasteiger partial charge in [0.1, 0.15) is 11.3 Å².